The van der Waals surface area contributed by atoms with E-state index in [-0.39, 0.29) is 22.4 Å². The molecular weight excluding hydrogens is 300 g/mol. The van der Waals surface area contributed by atoms with E-state index < -0.39 is 5.91 Å². The van der Waals surface area contributed by atoms with Crippen LogP contribution in [0, 0.1) is 5.41 Å². The van der Waals surface area contributed by atoms with E-state index in [0.717, 1.165) is 11.3 Å². The molecular formula is C15H18N4O2S. The van der Waals surface area contributed by atoms with Gasteiger partial charge in [0.05, 0.1) is 21.8 Å². The number of aromatic nitrogens is 1. The molecule has 116 valence electrons. The van der Waals surface area contributed by atoms with Crippen molar-refractivity contribution in [3.63, 3.8) is 0 Å². The molecule has 0 spiro atoms. The van der Waals surface area contributed by atoms with Crippen LogP contribution >= 0.6 is 11.3 Å². The molecule has 22 heavy (non-hydrogen) atoms. The summed E-state index contributed by atoms with van der Waals surface area (Å²) < 4.78 is 0. The molecule has 2 aromatic rings. The number of hydrogen-bond donors (Lipinski definition) is 4. The van der Waals surface area contributed by atoms with Crippen LogP contribution in [0.3, 0.4) is 0 Å². The van der Waals surface area contributed by atoms with Crippen molar-refractivity contribution in [1.29, 1.82) is 5.41 Å². The lowest BCUT2D eigenvalue weighted by atomic mass is 10.0. The monoisotopic (exact) mass is 318 g/mol. The average Bonchev–Trinajstić information content (AvgIpc) is 2.86. The van der Waals surface area contributed by atoms with Gasteiger partial charge in [-0.1, -0.05) is 0 Å². The first-order valence-electron chi connectivity index (χ1n) is 6.66. The van der Waals surface area contributed by atoms with Crippen LogP contribution in [0.5, 0.6) is 0 Å². The zero-order valence-electron chi connectivity index (χ0n) is 12.6. The first-order chi connectivity index (χ1) is 10.2. The van der Waals surface area contributed by atoms with E-state index in [4.69, 9.17) is 11.1 Å². The summed E-state index contributed by atoms with van der Waals surface area (Å²) in [4.78, 5) is 26.3. The van der Waals surface area contributed by atoms with Crippen molar-refractivity contribution < 1.29 is 4.79 Å². The predicted molar refractivity (Wildman–Crippen MR) is 89.2 cm³/mol. The Kier molecular flexibility index (Phi) is 4.18. The van der Waals surface area contributed by atoms with Crippen LogP contribution in [-0.2, 0) is 0 Å². The van der Waals surface area contributed by atoms with Gasteiger partial charge in [-0.3, -0.25) is 15.0 Å². The smallest absolute Gasteiger partial charge is 0.259 e. The molecule has 0 atom stereocenters. The fourth-order valence-corrected chi connectivity index (χ4v) is 2.73. The normalized spacial score (nSPS) is 11.2. The molecule has 0 radical (unpaired) electrons. The van der Waals surface area contributed by atoms with E-state index in [2.05, 4.69) is 10.3 Å². The molecule has 0 fully saturated rings. The number of rotatable bonds is 4. The second kappa shape index (κ2) is 5.76. The Morgan fingerprint density at radius 2 is 2.09 bits per heavy atom. The van der Waals surface area contributed by atoms with Crippen molar-refractivity contribution in [3.05, 3.63) is 50.1 Å². The Morgan fingerprint density at radius 3 is 2.64 bits per heavy atom. The minimum atomic E-state index is -0.543. The second-order valence-corrected chi connectivity index (χ2v) is 6.82. The minimum Gasteiger partial charge on any atom is -0.380 e. The highest BCUT2D eigenvalue weighted by atomic mass is 32.1. The molecule has 0 aliphatic carbocycles. The topological polar surface area (TPSA) is 112 Å². The Bertz CT molecular complexity index is 783. The van der Waals surface area contributed by atoms with Crippen LogP contribution in [0.25, 0.3) is 0 Å². The number of carbonyl (C=O) groups excluding carboxylic acids is 1. The number of thiophene rings is 1. The van der Waals surface area contributed by atoms with Gasteiger partial charge in [0.2, 0.25) is 0 Å². The molecule has 0 unspecified atom stereocenters. The van der Waals surface area contributed by atoms with Gasteiger partial charge in [-0.05, 0) is 32.9 Å². The van der Waals surface area contributed by atoms with Crippen LogP contribution < -0.4 is 16.6 Å². The van der Waals surface area contributed by atoms with Gasteiger partial charge >= 0.3 is 0 Å². The van der Waals surface area contributed by atoms with Crippen molar-refractivity contribution in [3.8, 4) is 0 Å². The van der Waals surface area contributed by atoms with Crippen LogP contribution in [0.1, 0.15) is 41.6 Å². The number of nitrogens with two attached hydrogens (primary N) is 1. The van der Waals surface area contributed by atoms with Crippen molar-refractivity contribution in [2.45, 2.75) is 26.3 Å². The maximum atomic E-state index is 12.2. The largest absolute Gasteiger partial charge is 0.380 e. The van der Waals surface area contributed by atoms with Gasteiger partial charge in [-0.15, -0.1) is 11.3 Å². The molecule has 7 heteroatoms. The van der Waals surface area contributed by atoms with E-state index in [1.807, 2.05) is 20.8 Å². The fraction of sp³-hybridized carbons (Fsp3) is 0.267. The van der Waals surface area contributed by atoms with E-state index in [1.165, 1.54) is 12.3 Å². The van der Waals surface area contributed by atoms with Crippen molar-refractivity contribution in [2.24, 2.45) is 5.73 Å². The van der Waals surface area contributed by atoms with Gasteiger partial charge in [0.15, 0.2) is 0 Å². The standard InChI is InChI=1S/C15H18N4O2S/c1-15(2,3)19-9-4-5-18-14(21)11(9)12(16)8-6-10(13(17)20)22-7-8/h4-7,16H,1-3H3,(H2,17,20)(H2,18,19,21). The molecule has 1 amide bonds. The molecule has 0 saturated heterocycles. The molecule has 2 rings (SSSR count). The molecule has 0 aliphatic heterocycles. The predicted octanol–water partition coefficient (Wildman–Crippen LogP) is 2.16. The first-order valence-corrected chi connectivity index (χ1v) is 7.54. The quantitative estimate of drug-likeness (QED) is 0.648. The lowest BCUT2D eigenvalue weighted by Crippen LogP contribution is -2.30. The third-order valence-electron chi connectivity index (χ3n) is 2.85. The number of aromatic amines is 1. The van der Waals surface area contributed by atoms with Gasteiger partial charge in [-0.25, -0.2) is 0 Å². The summed E-state index contributed by atoms with van der Waals surface area (Å²) in [6.45, 7) is 5.91. The number of nitrogens with one attached hydrogen (secondary N) is 3. The van der Waals surface area contributed by atoms with Gasteiger partial charge in [0, 0.05) is 22.7 Å². The van der Waals surface area contributed by atoms with E-state index >= 15 is 0 Å². The molecule has 5 N–H and O–H groups in total. The van der Waals surface area contributed by atoms with Crippen LogP contribution in [-0.4, -0.2) is 22.1 Å². The summed E-state index contributed by atoms with van der Waals surface area (Å²) in [7, 11) is 0. The highest BCUT2D eigenvalue weighted by Gasteiger charge is 2.19. The number of carbonyl (C=O) groups is 1. The van der Waals surface area contributed by atoms with E-state index in [0.29, 0.717) is 16.1 Å². The van der Waals surface area contributed by atoms with Crippen molar-refractivity contribution in [1.82, 2.24) is 4.98 Å². The van der Waals surface area contributed by atoms with Crippen LogP contribution in [0.4, 0.5) is 5.69 Å². The summed E-state index contributed by atoms with van der Waals surface area (Å²) in [5, 5.41) is 13.2. The Labute approximate surface area is 131 Å². The maximum Gasteiger partial charge on any atom is 0.259 e. The molecule has 0 aromatic carbocycles. The fourth-order valence-electron chi connectivity index (χ4n) is 1.98. The summed E-state index contributed by atoms with van der Waals surface area (Å²) in [5.74, 6) is -0.543. The highest BCUT2D eigenvalue weighted by molar-refractivity contribution is 7.12. The summed E-state index contributed by atoms with van der Waals surface area (Å²) in [5.41, 5.74) is 5.99. The summed E-state index contributed by atoms with van der Waals surface area (Å²) in [6, 6.07) is 3.25. The number of hydrogen-bond acceptors (Lipinski definition) is 5. The van der Waals surface area contributed by atoms with Gasteiger partial charge in [0.1, 0.15) is 0 Å². The lowest BCUT2D eigenvalue weighted by Gasteiger charge is -2.23. The molecule has 2 heterocycles. The Morgan fingerprint density at radius 1 is 1.41 bits per heavy atom. The third kappa shape index (κ3) is 3.43. The summed E-state index contributed by atoms with van der Waals surface area (Å²) in [6.07, 6.45) is 1.54. The number of pyridine rings is 1. The molecule has 6 nitrogen and oxygen atoms in total. The Hall–Kier alpha value is -2.41. The van der Waals surface area contributed by atoms with Gasteiger partial charge < -0.3 is 16.0 Å². The number of H-pyrrole nitrogens is 1. The molecule has 2 aromatic heterocycles. The van der Waals surface area contributed by atoms with Crippen molar-refractivity contribution in [2.75, 3.05) is 5.32 Å². The van der Waals surface area contributed by atoms with Crippen LogP contribution in [0.2, 0.25) is 0 Å². The van der Waals surface area contributed by atoms with E-state index in [9.17, 15) is 9.59 Å². The third-order valence-corrected chi connectivity index (χ3v) is 3.80. The second-order valence-electron chi connectivity index (χ2n) is 5.91. The summed E-state index contributed by atoms with van der Waals surface area (Å²) >= 11 is 1.16. The number of amides is 1. The lowest BCUT2D eigenvalue weighted by molar-refractivity contribution is 0.100. The minimum absolute atomic E-state index is 0.0531. The SMILES string of the molecule is CC(C)(C)Nc1cc[nH]c(=O)c1C(=N)c1csc(C(N)=O)c1. The molecule has 0 bridgehead atoms. The molecule has 0 aliphatic rings. The molecule has 0 saturated carbocycles. The van der Waals surface area contributed by atoms with E-state index in [1.54, 1.807) is 11.4 Å². The maximum absolute atomic E-state index is 12.2. The zero-order chi connectivity index (χ0) is 16.5. The first kappa shape index (κ1) is 16.0. The number of primary amides is 1. The van der Waals surface area contributed by atoms with Gasteiger partial charge in [-0.2, -0.15) is 0 Å². The number of anilines is 1. The zero-order valence-corrected chi connectivity index (χ0v) is 13.4. The Balaban J connectivity index is 2.48. The van der Waals surface area contributed by atoms with Gasteiger partial charge in [0.25, 0.3) is 11.5 Å². The highest BCUT2D eigenvalue weighted by Crippen LogP contribution is 2.22. The van der Waals surface area contributed by atoms with Crippen molar-refractivity contribution >= 4 is 28.6 Å². The van der Waals surface area contributed by atoms with Crippen LogP contribution in [0.15, 0.2) is 28.5 Å². The average molecular weight is 318 g/mol.